The molecule has 0 bridgehead atoms. The van der Waals surface area contributed by atoms with Crippen molar-refractivity contribution >= 4 is 13.1 Å². The molecule has 0 unspecified atom stereocenters. The fourth-order valence-electron chi connectivity index (χ4n) is 1.34. The van der Waals surface area contributed by atoms with E-state index in [9.17, 15) is 4.79 Å². The molecule has 4 nitrogen and oxygen atoms in total. The maximum atomic E-state index is 10.6. The highest BCUT2D eigenvalue weighted by Gasteiger charge is 2.51. The number of carbonyl (C=O) groups is 1. The molecular weight excluding hydrogens is 195 g/mol. The van der Waals surface area contributed by atoms with Crippen molar-refractivity contribution in [2.24, 2.45) is 0 Å². The molecule has 0 radical (unpaired) electrons. The van der Waals surface area contributed by atoms with Crippen LogP contribution in [0.5, 0.6) is 0 Å². The molecule has 1 aliphatic rings. The molecule has 0 aromatic heterocycles. The lowest BCUT2D eigenvalue weighted by molar-refractivity contribution is -0.132. The van der Waals surface area contributed by atoms with Gasteiger partial charge in [-0.2, -0.15) is 0 Å². The van der Waals surface area contributed by atoms with Crippen LogP contribution < -0.4 is 0 Å². The average molecular weight is 212 g/mol. The molecular formula is C10H17BO4. The van der Waals surface area contributed by atoms with E-state index in [-0.39, 0.29) is 11.9 Å². The maximum absolute atomic E-state index is 10.6. The molecule has 0 spiro atoms. The van der Waals surface area contributed by atoms with E-state index in [4.69, 9.17) is 14.4 Å². The van der Waals surface area contributed by atoms with Gasteiger partial charge in [-0.05, 0) is 27.7 Å². The summed E-state index contributed by atoms with van der Waals surface area (Å²) in [7, 11) is -0.515. The molecule has 5 heteroatoms. The lowest BCUT2D eigenvalue weighted by Crippen LogP contribution is -2.41. The highest BCUT2D eigenvalue weighted by Crippen LogP contribution is 2.38. The second-order valence-corrected chi connectivity index (χ2v) is 4.80. The molecule has 15 heavy (non-hydrogen) atoms. The largest absolute Gasteiger partial charge is 0.478 e. The van der Waals surface area contributed by atoms with E-state index in [1.807, 2.05) is 27.7 Å². The SMILES string of the molecule is C=C(CB1OC(C)(C)C(C)(C)O1)C(=O)O. The summed E-state index contributed by atoms with van der Waals surface area (Å²) in [5.74, 6) is -1.01. The first kappa shape index (κ1) is 12.3. The number of hydrogen-bond acceptors (Lipinski definition) is 3. The number of carboxylic acids is 1. The van der Waals surface area contributed by atoms with Gasteiger partial charge in [-0.15, -0.1) is 0 Å². The van der Waals surface area contributed by atoms with Crippen LogP contribution in [-0.2, 0) is 14.1 Å². The predicted molar refractivity (Wildman–Crippen MR) is 57.7 cm³/mol. The average Bonchev–Trinajstić information content (AvgIpc) is 2.19. The Morgan fingerprint density at radius 2 is 1.67 bits per heavy atom. The Labute approximate surface area is 90.4 Å². The van der Waals surface area contributed by atoms with Crippen LogP contribution in [0.15, 0.2) is 12.2 Å². The summed E-state index contributed by atoms with van der Waals surface area (Å²) in [6, 6.07) is 0. The molecule has 0 saturated carbocycles. The summed E-state index contributed by atoms with van der Waals surface area (Å²) in [5, 5.41) is 8.69. The molecule has 0 aliphatic carbocycles. The summed E-state index contributed by atoms with van der Waals surface area (Å²) in [6.45, 7) is 11.2. The fraction of sp³-hybridized carbons (Fsp3) is 0.700. The topological polar surface area (TPSA) is 55.8 Å². The minimum atomic E-state index is -1.01. The number of carboxylic acid groups (broad SMARTS) is 1. The molecule has 84 valence electrons. The van der Waals surface area contributed by atoms with E-state index in [1.165, 1.54) is 0 Å². The molecule has 0 aromatic carbocycles. The van der Waals surface area contributed by atoms with E-state index < -0.39 is 24.3 Å². The normalized spacial score (nSPS) is 22.8. The number of hydrogen-bond donors (Lipinski definition) is 1. The summed E-state index contributed by atoms with van der Waals surface area (Å²) >= 11 is 0. The van der Waals surface area contributed by atoms with E-state index in [0.717, 1.165) is 0 Å². The second-order valence-electron chi connectivity index (χ2n) is 4.80. The van der Waals surface area contributed by atoms with Crippen molar-refractivity contribution in [1.82, 2.24) is 0 Å². The number of rotatable bonds is 3. The van der Waals surface area contributed by atoms with Crippen LogP contribution in [-0.4, -0.2) is 29.4 Å². The van der Waals surface area contributed by atoms with Gasteiger partial charge < -0.3 is 14.4 Å². The van der Waals surface area contributed by atoms with Crippen molar-refractivity contribution in [3.63, 3.8) is 0 Å². The van der Waals surface area contributed by atoms with E-state index in [0.29, 0.717) is 0 Å². The van der Waals surface area contributed by atoms with Gasteiger partial charge in [0.15, 0.2) is 0 Å². The standard InChI is InChI=1S/C10H17BO4/c1-7(8(12)13)6-11-14-9(2,3)10(4,5)15-11/h1,6H2,2-5H3,(H,12,13). The van der Waals surface area contributed by atoms with Crippen molar-refractivity contribution in [2.75, 3.05) is 0 Å². The Morgan fingerprint density at radius 3 is 2.00 bits per heavy atom. The molecule has 1 aliphatic heterocycles. The Balaban J connectivity index is 2.64. The minimum absolute atomic E-state index is 0.105. The van der Waals surface area contributed by atoms with Crippen LogP contribution in [0, 0.1) is 0 Å². The highest BCUT2D eigenvalue weighted by molar-refractivity contribution is 6.47. The third-order valence-corrected chi connectivity index (χ3v) is 3.02. The van der Waals surface area contributed by atoms with E-state index in [2.05, 4.69) is 6.58 Å². The minimum Gasteiger partial charge on any atom is -0.478 e. The van der Waals surface area contributed by atoms with Gasteiger partial charge in [0.25, 0.3) is 0 Å². The maximum Gasteiger partial charge on any atom is 0.462 e. The van der Waals surface area contributed by atoms with Gasteiger partial charge in [-0.3, -0.25) is 0 Å². The zero-order chi connectivity index (χ0) is 11.9. The Kier molecular flexibility index (Phi) is 2.98. The van der Waals surface area contributed by atoms with E-state index >= 15 is 0 Å². The lowest BCUT2D eigenvalue weighted by atomic mass is 9.81. The molecule has 1 saturated heterocycles. The van der Waals surface area contributed by atoms with Crippen LogP contribution in [0.2, 0.25) is 6.32 Å². The molecule has 1 rings (SSSR count). The molecule has 0 atom stereocenters. The summed E-state index contributed by atoms with van der Waals surface area (Å²) in [6.07, 6.45) is 0.197. The van der Waals surface area contributed by atoms with Gasteiger partial charge in [0.2, 0.25) is 0 Å². The second kappa shape index (κ2) is 3.65. The summed E-state index contributed by atoms with van der Waals surface area (Å²) < 4.78 is 11.3. The first-order valence-electron chi connectivity index (χ1n) is 4.92. The van der Waals surface area contributed by atoms with Crippen LogP contribution in [0.4, 0.5) is 0 Å². The third kappa shape index (κ3) is 2.41. The van der Waals surface area contributed by atoms with Crippen molar-refractivity contribution < 1.29 is 19.2 Å². The van der Waals surface area contributed by atoms with Crippen molar-refractivity contribution in [2.45, 2.75) is 45.2 Å². The van der Waals surface area contributed by atoms with Crippen LogP contribution in [0.1, 0.15) is 27.7 Å². The molecule has 1 heterocycles. The predicted octanol–water partition coefficient (Wildman–Crippen LogP) is 1.72. The van der Waals surface area contributed by atoms with Crippen LogP contribution in [0.25, 0.3) is 0 Å². The number of aliphatic carboxylic acids is 1. The van der Waals surface area contributed by atoms with Crippen LogP contribution >= 0.6 is 0 Å². The third-order valence-electron chi connectivity index (χ3n) is 3.02. The van der Waals surface area contributed by atoms with Gasteiger partial charge in [0.1, 0.15) is 0 Å². The quantitative estimate of drug-likeness (QED) is 0.571. The van der Waals surface area contributed by atoms with Gasteiger partial charge in [-0.25, -0.2) is 4.79 Å². The van der Waals surface area contributed by atoms with Crippen molar-refractivity contribution in [1.29, 1.82) is 0 Å². The van der Waals surface area contributed by atoms with Crippen LogP contribution in [0.3, 0.4) is 0 Å². The Bertz CT molecular complexity index is 280. The molecule has 0 aromatic rings. The fourth-order valence-corrected chi connectivity index (χ4v) is 1.34. The summed E-state index contributed by atoms with van der Waals surface area (Å²) in [5.41, 5.74) is -0.735. The smallest absolute Gasteiger partial charge is 0.462 e. The summed E-state index contributed by atoms with van der Waals surface area (Å²) in [4.78, 5) is 10.6. The zero-order valence-electron chi connectivity index (χ0n) is 9.66. The molecule has 0 amide bonds. The molecule has 1 N–H and O–H groups in total. The van der Waals surface area contributed by atoms with Crippen molar-refractivity contribution in [3.05, 3.63) is 12.2 Å². The Morgan fingerprint density at radius 1 is 1.27 bits per heavy atom. The Hall–Kier alpha value is -0.805. The van der Waals surface area contributed by atoms with E-state index in [1.54, 1.807) is 0 Å². The molecule has 1 fully saturated rings. The van der Waals surface area contributed by atoms with Gasteiger partial charge in [-0.1, -0.05) is 6.58 Å². The monoisotopic (exact) mass is 212 g/mol. The highest BCUT2D eigenvalue weighted by atomic mass is 16.7. The first-order chi connectivity index (χ1) is 6.66. The lowest BCUT2D eigenvalue weighted by Gasteiger charge is -2.32. The first-order valence-corrected chi connectivity index (χ1v) is 4.92. The van der Waals surface area contributed by atoms with Gasteiger partial charge in [0.05, 0.1) is 11.2 Å². The van der Waals surface area contributed by atoms with Crippen molar-refractivity contribution in [3.8, 4) is 0 Å². The zero-order valence-corrected chi connectivity index (χ0v) is 9.66. The van der Waals surface area contributed by atoms with Gasteiger partial charge in [0, 0.05) is 11.9 Å². The van der Waals surface area contributed by atoms with Gasteiger partial charge >= 0.3 is 13.1 Å².